The average Bonchev–Trinajstić information content (AvgIpc) is 3.06. The maximum Gasteiger partial charge on any atom is 0.0530 e. The van der Waals surface area contributed by atoms with Crippen molar-refractivity contribution < 1.29 is 0 Å². The third-order valence-electron chi connectivity index (χ3n) is 7.12. The molecule has 1 saturated carbocycles. The molecule has 3 aromatic carbocycles. The molecule has 28 heavy (non-hydrogen) atoms. The van der Waals surface area contributed by atoms with Gasteiger partial charge in [0.1, 0.15) is 0 Å². The van der Waals surface area contributed by atoms with Crippen molar-refractivity contribution in [3.63, 3.8) is 0 Å². The second kappa shape index (κ2) is 6.36. The number of halogens is 1. The summed E-state index contributed by atoms with van der Waals surface area (Å²) in [7, 11) is 0. The monoisotopic (exact) mass is 384 g/mol. The molecule has 0 aliphatic heterocycles. The van der Waals surface area contributed by atoms with Gasteiger partial charge in [0.2, 0.25) is 0 Å². The molecule has 0 N–H and O–H groups in total. The van der Waals surface area contributed by atoms with Crippen LogP contribution in [0.4, 0.5) is 0 Å². The Kier molecular flexibility index (Phi) is 4.03. The highest BCUT2D eigenvalue weighted by atomic mass is 35.5. The van der Waals surface area contributed by atoms with E-state index in [0.29, 0.717) is 5.92 Å². The predicted octanol–water partition coefficient (Wildman–Crippen LogP) is 7.42. The van der Waals surface area contributed by atoms with E-state index >= 15 is 0 Å². The van der Waals surface area contributed by atoms with Gasteiger partial charge < -0.3 is 0 Å². The minimum absolute atomic E-state index is 0.0522. The number of fused-ring (bicyclic) bond motifs is 2. The minimum atomic E-state index is -0.107. The Morgan fingerprint density at radius 3 is 1.68 bits per heavy atom. The minimum Gasteiger partial charge on any atom is -0.121 e. The van der Waals surface area contributed by atoms with Gasteiger partial charge in [0.05, 0.1) is 5.38 Å². The molecule has 0 aromatic heterocycles. The van der Waals surface area contributed by atoms with E-state index in [-0.39, 0.29) is 16.2 Å². The fourth-order valence-electron chi connectivity index (χ4n) is 5.95. The summed E-state index contributed by atoms with van der Waals surface area (Å²) in [4.78, 5) is 0. The third kappa shape index (κ3) is 2.31. The van der Waals surface area contributed by atoms with Crippen LogP contribution in [-0.4, -0.2) is 5.38 Å². The van der Waals surface area contributed by atoms with Gasteiger partial charge in [-0.2, -0.15) is 0 Å². The average molecular weight is 385 g/mol. The lowest BCUT2D eigenvalue weighted by Gasteiger charge is -2.38. The summed E-state index contributed by atoms with van der Waals surface area (Å²) >= 11 is 7.35. The summed E-state index contributed by atoms with van der Waals surface area (Å²) in [6.07, 6.45) is 1.09. The van der Waals surface area contributed by atoms with Gasteiger partial charge in [-0.3, -0.25) is 0 Å². The number of hydrogen-bond donors (Lipinski definition) is 0. The van der Waals surface area contributed by atoms with Crippen molar-refractivity contribution in [2.75, 3.05) is 0 Å². The highest BCUT2D eigenvalue weighted by Gasteiger charge is 2.66. The topological polar surface area (TPSA) is 0 Å². The lowest BCUT2D eigenvalue weighted by molar-refractivity contribution is 0.412. The molecule has 4 atom stereocenters. The van der Waals surface area contributed by atoms with Gasteiger partial charge in [-0.1, -0.05) is 105 Å². The Morgan fingerprint density at radius 2 is 1.14 bits per heavy atom. The summed E-state index contributed by atoms with van der Waals surface area (Å²) in [5.74, 6) is 0.420. The van der Waals surface area contributed by atoms with Crippen LogP contribution in [0.1, 0.15) is 42.9 Å². The first-order valence-corrected chi connectivity index (χ1v) is 10.6. The molecule has 5 rings (SSSR count). The van der Waals surface area contributed by atoms with Crippen molar-refractivity contribution in [1.82, 2.24) is 0 Å². The van der Waals surface area contributed by atoms with Crippen LogP contribution in [0.2, 0.25) is 0 Å². The van der Waals surface area contributed by atoms with Crippen LogP contribution >= 0.6 is 11.6 Å². The van der Waals surface area contributed by atoms with Gasteiger partial charge in [0, 0.05) is 10.8 Å². The molecule has 3 aromatic rings. The van der Waals surface area contributed by atoms with E-state index in [1.165, 1.54) is 27.8 Å². The fraction of sp³-hybridized carbons (Fsp3) is 0.259. The smallest absolute Gasteiger partial charge is 0.0530 e. The van der Waals surface area contributed by atoms with Crippen molar-refractivity contribution in [3.05, 3.63) is 108 Å². The van der Waals surface area contributed by atoms with Crippen molar-refractivity contribution in [3.8, 4) is 0 Å². The van der Waals surface area contributed by atoms with Crippen molar-refractivity contribution in [2.45, 2.75) is 31.6 Å². The van der Waals surface area contributed by atoms with Gasteiger partial charge in [-0.15, -0.1) is 11.6 Å². The van der Waals surface area contributed by atoms with E-state index in [1.807, 2.05) is 0 Å². The van der Waals surface area contributed by atoms with Gasteiger partial charge >= 0.3 is 0 Å². The Balaban J connectivity index is 1.81. The lowest BCUT2D eigenvalue weighted by Crippen LogP contribution is -2.29. The number of benzene rings is 3. The Labute approximate surface area is 172 Å². The zero-order valence-electron chi connectivity index (χ0n) is 16.4. The van der Waals surface area contributed by atoms with E-state index in [4.69, 9.17) is 11.6 Å². The van der Waals surface area contributed by atoms with Gasteiger partial charge in [-0.05, 0) is 40.2 Å². The summed E-state index contributed by atoms with van der Waals surface area (Å²) < 4.78 is 0. The van der Waals surface area contributed by atoms with E-state index in [2.05, 4.69) is 105 Å². The SMILES string of the molecule is CC12CC(c3ccccc3)C(C)(C(c3ccccc3)=C1c1ccccc1)C2Cl. The van der Waals surface area contributed by atoms with E-state index < -0.39 is 0 Å². The molecule has 2 aliphatic carbocycles. The standard InChI is InChI=1S/C27H25Cl/c1-26-18-22(19-12-6-3-7-13-19)27(2,25(26)28)24(21-16-10-5-11-17-21)23(26)20-14-8-4-9-15-20/h3-17,22,25H,18H2,1-2H3. The molecule has 0 nitrogen and oxygen atoms in total. The third-order valence-corrected chi connectivity index (χ3v) is 8.06. The number of alkyl halides is 1. The molecule has 2 aliphatic rings. The molecule has 2 bridgehead atoms. The molecule has 1 heteroatoms. The van der Waals surface area contributed by atoms with Crippen LogP contribution in [0.25, 0.3) is 11.1 Å². The van der Waals surface area contributed by atoms with Crippen LogP contribution in [0, 0.1) is 10.8 Å². The quantitative estimate of drug-likeness (QED) is 0.412. The van der Waals surface area contributed by atoms with Crippen LogP contribution in [0.3, 0.4) is 0 Å². The summed E-state index contributed by atoms with van der Waals surface area (Å²) in [5, 5.41) is 0.0654. The van der Waals surface area contributed by atoms with Gasteiger partial charge in [0.25, 0.3) is 0 Å². The van der Waals surface area contributed by atoms with E-state index in [0.717, 1.165) is 6.42 Å². The number of rotatable bonds is 3. The predicted molar refractivity (Wildman–Crippen MR) is 119 cm³/mol. The van der Waals surface area contributed by atoms with Crippen LogP contribution in [-0.2, 0) is 0 Å². The highest BCUT2D eigenvalue weighted by molar-refractivity contribution is 6.26. The molecule has 4 unspecified atom stereocenters. The second-order valence-electron chi connectivity index (χ2n) is 8.71. The highest BCUT2D eigenvalue weighted by Crippen LogP contribution is 2.75. The number of allylic oxidation sites excluding steroid dienone is 2. The first-order valence-electron chi connectivity index (χ1n) is 10.1. The molecule has 0 radical (unpaired) electrons. The van der Waals surface area contributed by atoms with Gasteiger partial charge in [-0.25, -0.2) is 0 Å². The Bertz CT molecular complexity index is 1020. The maximum absolute atomic E-state index is 7.35. The van der Waals surface area contributed by atoms with Crippen molar-refractivity contribution in [2.24, 2.45) is 10.8 Å². The zero-order chi connectivity index (χ0) is 19.4. The molecule has 0 amide bonds. The van der Waals surface area contributed by atoms with Crippen LogP contribution in [0.5, 0.6) is 0 Å². The Hall–Kier alpha value is -2.31. The molecule has 0 spiro atoms. The van der Waals surface area contributed by atoms with Crippen molar-refractivity contribution in [1.29, 1.82) is 0 Å². The molecule has 1 fully saturated rings. The van der Waals surface area contributed by atoms with E-state index in [1.54, 1.807) is 0 Å². The van der Waals surface area contributed by atoms with Crippen LogP contribution < -0.4 is 0 Å². The summed E-state index contributed by atoms with van der Waals surface area (Å²) in [6.45, 7) is 4.77. The second-order valence-corrected chi connectivity index (χ2v) is 9.15. The Morgan fingerprint density at radius 1 is 0.679 bits per heavy atom. The zero-order valence-corrected chi connectivity index (χ0v) is 17.2. The first kappa shape index (κ1) is 17.8. The number of hydrogen-bond acceptors (Lipinski definition) is 0. The van der Waals surface area contributed by atoms with Crippen LogP contribution in [0.15, 0.2) is 91.0 Å². The molecular formula is C27H25Cl. The molecular weight excluding hydrogens is 360 g/mol. The van der Waals surface area contributed by atoms with Gasteiger partial charge in [0.15, 0.2) is 0 Å². The largest absolute Gasteiger partial charge is 0.121 e. The lowest BCUT2D eigenvalue weighted by atomic mass is 9.65. The van der Waals surface area contributed by atoms with E-state index in [9.17, 15) is 0 Å². The van der Waals surface area contributed by atoms with Crippen molar-refractivity contribution >= 4 is 22.7 Å². The summed E-state index contributed by atoms with van der Waals surface area (Å²) in [5.41, 5.74) is 6.73. The molecule has 0 saturated heterocycles. The first-order chi connectivity index (χ1) is 13.6. The summed E-state index contributed by atoms with van der Waals surface area (Å²) in [6, 6.07) is 32.7. The molecule has 0 heterocycles. The normalized spacial score (nSPS) is 31.4. The maximum atomic E-state index is 7.35. The fourth-order valence-corrected chi connectivity index (χ4v) is 6.41. The molecule has 140 valence electrons.